The van der Waals surface area contributed by atoms with Crippen LogP contribution in [0.1, 0.15) is 38.5 Å². The fraction of sp³-hybridized carbons (Fsp3) is 0.500. The van der Waals surface area contributed by atoms with Gasteiger partial charge in [-0.05, 0) is 30.9 Å². The second-order valence-corrected chi connectivity index (χ2v) is 5.71. The topological polar surface area (TPSA) is 55.1 Å². The zero-order chi connectivity index (χ0) is 14.1. The summed E-state index contributed by atoms with van der Waals surface area (Å²) in [6.45, 7) is 3.84. The van der Waals surface area contributed by atoms with Gasteiger partial charge < -0.3 is 9.73 Å². The highest BCUT2D eigenvalue weighted by Crippen LogP contribution is 2.32. The Morgan fingerprint density at radius 1 is 1.40 bits per heavy atom. The van der Waals surface area contributed by atoms with Gasteiger partial charge in [-0.1, -0.05) is 25.8 Å². The van der Waals surface area contributed by atoms with Crippen molar-refractivity contribution in [3.8, 4) is 0 Å². The van der Waals surface area contributed by atoms with Crippen molar-refractivity contribution in [3.63, 3.8) is 0 Å². The van der Waals surface area contributed by atoms with Gasteiger partial charge in [-0.3, -0.25) is 4.79 Å². The quantitative estimate of drug-likeness (QED) is 0.921. The van der Waals surface area contributed by atoms with Gasteiger partial charge >= 0.3 is 0 Å². The first kappa shape index (κ1) is 13.2. The molecule has 0 aliphatic heterocycles. The van der Waals surface area contributed by atoms with E-state index in [4.69, 9.17) is 4.42 Å². The molecule has 0 bridgehead atoms. The van der Waals surface area contributed by atoms with E-state index in [1.54, 1.807) is 0 Å². The standard InChI is InChI=1S/C16H20N2O2/c1-10(12-6-3-4-7-12)16(19)18-14-9-5-8-13-15(14)20-11(2)17-13/h5,8-10,12H,3-4,6-7H2,1-2H3,(H,18,19). The molecule has 106 valence electrons. The second-order valence-electron chi connectivity index (χ2n) is 5.71. The van der Waals surface area contributed by atoms with Crippen molar-refractivity contribution in [1.29, 1.82) is 0 Å². The molecular weight excluding hydrogens is 252 g/mol. The van der Waals surface area contributed by atoms with E-state index >= 15 is 0 Å². The zero-order valence-electron chi connectivity index (χ0n) is 12.0. The van der Waals surface area contributed by atoms with Crippen LogP contribution in [0.3, 0.4) is 0 Å². The highest BCUT2D eigenvalue weighted by molar-refractivity contribution is 5.99. The summed E-state index contributed by atoms with van der Waals surface area (Å²) in [6.07, 6.45) is 4.83. The van der Waals surface area contributed by atoms with Crippen LogP contribution in [-0.4, -0.2) is 10.9 Å². The number of anilines is 1. The summed E-state index contributed by atoms with van der Waals surface area (Å²) in [5.74, 6) is 1.27. The monoisotopic (exact) mass is 272 g/mol. The predicted molar refractivity (Wildman–Crippen MR) is 78.5 cm³/mol. The SMILES string of the molecule is Cc1nc2cccc(NC(=O)C(C)C3CCCC3)c2o1. The molecule has 1 unspecified atom stereocenters. The molecule has 1 aliphatic carbocycles. The van der Waals surface area contributed by atoms with Crippen molar-refractivity contribution in [3.05, 3.63) is 24.1 Å². The Hall–Kier alpha value is -1.84. The summed E-state index contributed by atoms with van der Waals surface area (Å²) in [5, 5.41) is 3.00. The number of carbonyl (C=O) groups excluding carboxylic acids is 1. The molecule has 0 radical (unpaired) electrons. The summed E-state index contributed by atoms with van der Waals surface area (Å²) in [7, 11) is 0. The molecule has 4 heteroatoms. The molecule has 20 heavy (non-hydrogen) atoms. The molecule has 0 spiro atoms. The maximum Gasteiger partial charge on any atom is 0.227 e. The molecule has 1 aromatic carbocycles. The van der Waals surface area contributed by atoms with Crippen LogP contribution in [0.2, 0.25) is 0 Å². The minimum Gasteiger partial charge on any atom is -0.439 e. The van der Waals surface area contributed by atoms with Gasteiger partial charge in [0.25, 0.3) is 0 Å². The van der Waals surface area contributed by atoms with E-state index in [2.05, 4.69) is 10.3 Å². The maximum atomic E-state index is 12.4. The van der Waals surface area contributed by atoms with E-state index in [-0.39, 0.29) is 11.8 Å². The molecule has 1 fully saturated rings. The van der Waals surface area contributed by atoms with E-state index in [0.29, 0.717) is 17.4 Å². The number of nitrogens with zero attached hydrogens (tertiary/aromatic N) is 1. The number of aryl methyl sites for hydroxylation is 1. The summed E-state index contributed by atoms with van der Waals surface area (Å²) in [4.78, 5) is 16.7. The van der Waals surface area contributed by atoms with Crippen LogP contribution in [0.15, 0.2) is 22.6 Å². The lowest BCUT2D eigenvalue weighted by Crippen LogP contribution is -2.25. The number of para-hydroxylation sites is 1. The molecule has 1 aliphatic rings. The van der Waals surface area contributed by atoms with Crippen molar-refractivity contribution in [2.24, 2.45) is 11.8 Å². The number of carbonyl (C=O) groups is 1. The van der Waals surface area contributed by atoms with Crippen LogP contribution in [0.5, 0.6) is 0 Å². The molecule has 1 aromatic heterocycles. The fourth-order valence-electron chi connectivity index (χ4n) is 3.08. The summed E-state index contributed by atoms with van der Waals surface area (Å²) in [6, 6.07) is 5.65. The van der Waals surface area contributed by atoms with Gasteiger partial charge in [0.15, 0.2) is 11.5 Å². The lowest BCUT2D eigenvalue weighted by atomic mass is 9.92. The number of rotatable bonds is 3. The van der Waals surface area contributed by atoms with E-state index in [1.165, 1.54) is 25.7 Å². The number of hydrogen-bond acceptors (Lipinski definition) is 3. The molecule has 1 heterocycles. The first-order valence-electron chi connectivity index (χ1n) is 7.32. The van der Waals surface area contributed by atoms with Gasteiger partial charge in [0.05, 0.1) is 5.69 Å². The lowest BCUT2D eigenvalue weighted by Gasteiger charge is -2.18. The first-order valence-corrected chi connectivity index (χ1v) is 7.32. The number of fused-ring (bicyclic) bond motifs is 1. The van der Waals surface area contributed by atoms with E-state index in [9.17, 15) is 4.79 Å². The zero-order valence-corrected chi connectivity index (χ0v) is 12.0. The Morgan fingerprint density at radius 2 is 2.15 bits per heavy atom. The Balaban J connectivity index is 1.80. The maximum absolute atomic E-state index is 12.4. The third kappa shape index (κ3) is 2.42. The van der Waals surface area contributed by atoms with Crippen molar-refractivity contribution in [1.82, 2.24) is 4.98 Å². The smallest absolute Gasteiger partial charge is 0.227 e. The molecule has 0 saturated heterocycles. The van der Waals surface area contributed by atoms with Crippen LogP contribution in [0.25, 0.3) is 11.1 Å². The molecular formula is C16H20N2O2. The van der Waals surface area contributed by atoms with Gasteiger partial charge in [-0.2, -0.15) is 0 Å². The van der Waals surface area contributed by atoms with Crippen LogP contribution in [-0.2, 0) is 4.79 Å². The van der Waals surface area contributed by atoms with E-state index in [1.807, 2.05) is 32.0 Å². The molecule has 1 amide bonds. The van der Waals surface area contributed by atoms with Crippen molar-refractivity contribution >= 4 is 22.7 Å². The summed E-state index contributed by atoms with van der Waals surface area (Å²) in [5.41, 5.74) is 2.17. The molecule has 4 nitrogen and oxygen atoms in total. The fourth-order valence-corrected chi connectivity index (χ4v) is 3.08. The van der Waals surface area contributed by atoms with Gasteiger partial charge in [-0.15, -0.1) is 0 Å². The van der Waals surface area contributed by atoms with Crippen molar-refractivity contribution in [2.75, 3.05) is 5.32 Å². The van der Waals surface area contributed by atoms with Gasteiger partial charge in [0.2, 0.25) is 5.91 Å². The Morgan fingerprint density at radius 3 is 2.90 bits per heavy atom. The van der Waals surface area contributed by atoms with Gasteiger partial charge in [-0.25, -0.2) is 4.98 Å². The summed E-state index contributed by atoms with van der Waals surface area (Å²) >= 11 is 0. The highest BCUT2D eigenvalue weighted by Gasteiger charge is 2.27. The number of hydrogen-bond donors (Lipinski definition) is 1. The first-order chi connectivity index (χ1) is 9.65. The molecule has 3 rings (SSSR count). The lowest BCUT2D eigenvalue weighted by molar-refractivity contribution is -0.120. The molecule has 1 saturated carbocycles. The number of oxazole rings is 1. The second kappa shape index (κ2) is 5.27. The molecule has 2 aromatic rings. The van der Waals surface area contributed by atoms with Gasteiger partial charge in [0, 0.05) is 12.8 Å². The van der Waals surface area contributed by atoms with Crippen molar-refractivity contribution < 1.29 is 9.21 Å². The number of nitrogens with one attached hydrogen (secondary N) is 1. The average molecular weight is 272 g/mol. The minimum absolute atomic E-state index is 0.0526. The summed E-state index contributed by atoms with van der Waals surface area (Å²) < 4.78 is 5.58. The number of benzene rings is 1. The van der Waals surface area contributed by atoms with Crippen LogP contribution in [0, 0.1) is 18.8 Å². The van der Waals surface area contributed by atoms with Gasteiger partial charge in [0.1, 0.15) is 5.52 Å². The van der Waals surface area contributed by atoms with Crippen molar-refractivity contribution in [2.45, 2.75) is 39.5 Å². The largest absolute Gasteiger partial charge is 0.439 e. The predicted octanol–water partition coefficient (Wildman–Crippen LogP) is 3.90. The highest BCUT2D eigenvalue weighted by atomic mass is 16.3. The van der Waals surface area contributed by atoms with Crippen LogP contribution >= 0.6 is 0 Å². The minimum atomic E-state index is 0.0526. The third-order valence-electron chi connectivity index (χ3n) is 4.30. The Kier molecular flexibility index (Phi) is 3.47. The Labute approximate surface area is 118 Å². The third-order valence-corrected chi connectivity index (χ3v) is 4.30. The van der Waals surface area contributed by atoms with Crippen LogP contribution in [0.4, 0.5) is 5.69 Å². The molecule has 1 atom stereocenters. The normalized spacial score (nSPS) is 17.5. The van der Waals surface area contributed by atoms with E-state index < -0.39 is 0 Å². The number of aromatic nitrogens is 1. The number of amides is 1. The Bertz CT molecular complexity index is 626. The average Bonchev–Trinajstić information content (AvgIpc) is 3.06. The van der Waals surface area contributed by atoms with Crippen LogP contribution < -0.4 is 5.32 Å². The van der Waals surface area contributed by atoms with E-state index in [0.717, 1.165) is 11.2 Å². The molecule has 1 N–H and O–H groups in total.